The lowest BCUT2D eigenvalue weighted by Gasteiger charge is -2.11. The van der Waals surface area contributed by atoms with Crippen molar-refractivity contribution < 1.29 is 13.9 Å². The van der Waals surface area contributed by atoms with Gasteiger partial charge in [0.15, 0.2) is 5.76 Å². The summed E-state index contributed by atoms with van der Waals surface area (Å²) in [6.45, 7) is 4.29. The van der Waals surface area contributed by atoms with Crippen LogP contribution in [0.4, 0.5) is 0 Å². The molecule has 1 atom stereocenters. The van der Waals surface area contributed by atoms with Gasteiger partial charge in [-0.3, -0.25) is 4.79 Å². The first-order chi connectivity index (χ1) is 8.65. The summed E-state index contributed by atoms with van der Waals surface area (Å²) in [7, 11) is 0. The van der Waals surface area contributed by atoms with E-state index in [-0.39, 0.29) is 5.78 Å². The van der Waals surface area contributed by atoms with Gasteiger partial charge in [0, 0.05) is 17.0 Å². The normalized spacial score (nSPS) is 12.8. The highest BCUT2D eigenvalue weighted by Gasteiger charge is 2.22. The summed E-state index contributed by atoms with van der Waals surface area (Å²) < 4.78 is 10.9. The van der Waals surface area contributed by atoms with Gasteiger partial charge in [-0.25, -0.2) is 0 Å². The Balaban J connectivity index is 2.32. The van der Waals surface area contributed by atoms with E-state index in [0.717, 1.165) is 5.39 Å². The lowest BCUT2D eigenvalue weighted by atomic mass is 10.1. The Morgan fingerprint density at radius 1 is 1.39 bits per heavy atom. The van der Waals surface area contributed by atoms with Crippen LogP contribution >= 0.6 is 11.6 Å². The highest BCUT2D eigenvalue weighted by Crippen LogP contribution is 2.24. The Bertz CT molecular complexity index is 559. The number of rotatable bonds is 5. The van der Waals surface area contributed by atoms with E-state index in [4.69, 9.17) is 20.8 Å². The van der Waals surface area contributed by atoms with E-state index in [1.807, 2.05) is 13.8 Å². The van der Waals surface area contributed by atoms with Gasteiger partial charge >= 0.3 is 0 Å². The number of benzene rings is 1. The minimum atomic E-state index is -0.439. The summed E-state index contributed by atoms with van der Waals surface area (Å²) in [5.41, 5.74) is 0.661. The number of ether oxygens (including phenoxy) is 1. The fraction of sp³-hybridized carbons (Fsp3) is 0.357. The average Bonchev–Trinajstić information content (AvgIpc) is 2.77. The van der Waals surface area contributed by atoms with Gasteiger partial charge in [0.05, 0.1) is 0 Å². The Morgan fingerprint density at radius 3 is 2.83 bits per heavy atom. The molecule has 1 aromatic carbocycles. The molecule has 2 aromatic rings. The van der Waals surface area contributed by atoms with Gasteiger partial charge in [-0.05, 0) is 37.6 Å². The minimum Gasteiger partial charge on any atom is -0.453 e. The van der Waals surface area contributed by atoms with Gasteiger partial charge in [-0.2, -0.15) is 0 Å². The SMILES string of the molecule is CCOC(CC)C(=O)c1cc2cc(Cl)ccc2o1. The molecule has 96 valence electrons. The molecule has 0 aliphatic carbocycles. The van der Waals surface area contributed by atoms with E-state index in [2.05, 4.69) is 0 Å². The van der Waals surface area contributed by atoms with Crippen LogP contribution in [0, 0.1) is 0 Å². The molecule has 3 nitrogen and oxygen atoms in total. The van der Waals surface area contributed by atoms with Crippen molar-refractivity contribution in [1.82, 2.24) is 0 Å². The van der Waals surface area contributed by atoms with Crippen LogP contribution < -0.4 is 0 Å². The second kappa shape index (κ2) is 5.55. The summed E-state index contributed by atoms with van der Waals surface area (Å²) in [5, 5.41) is 1.45. The standard InChI is InChI=1S/C14H15ClO3/c1-3-11(17-4-2)14(16)13-8-9-7-10(15)5-6-12(9)18-13/h5-8,11H,3-4H2,1-2H3. The second-order valence-corrected chi connectivity index (χ2v) is 4.45. The number of Topliss-reactive ketones (excluding diaryl/α,β-unsaturated/α-hetero) is 1. The van der Waals surface area contributed by atoms with Crippen molar-refractivity contribution in [3.63, 3.8) is 0 Å². The third kappa shape index (κ3) is 2.57. The number of hydrogen-bond acceptors (Lipinski definition) is 3. The third-order valence-electron chi connectivity index (χ3n) is 2.75. The fourth-order valence-corrected chi connectivity index (χ4v) is 2.05. The van der Waals surface area contributed by atoms with E-state index in [0.29, 0.717) is 29.4 Å². The van der Waals surface area contributed by atoms with Gasteiger partial charge in [0.2, 0.25) is 5.78 Å². The summed E-state index contributed by atoms with van der Waals surface area (Å²) in [6, 6.07) is 6.99. The largest absolute Gasteiger partial charge is 0.453 e. The number of carbonyl (C=O) groups excluding carboxylic acids is 1. The lowest BCUT2D eigenvalue weighted by Crippen LogP contribution is -2.23. The molecular weight excluding hydrogens is 252 g/mol. The van der Waals surface area contributed by atoms with Crippen LogP contribution in [0.5, 0.6) is 0 Å². The molecule has 0 spiro atoms. The molecule has 0 amide bonds. The summed E-state index contributed by atoms with van der Waals surface area (Å²) in [4.78, 5) is 12.2. The van der Waals surface area contributed by atoms with Gasteiger partial charge in [0.25, 0.3) is 0 Å². The summed E-state index contributed by atoms with van der Waals surface area (Å²) in [6.07, 6.45) is 0.191. The Labute approximate surface area is 111 Å². The molecule has 1 unspecified atom stereocenters. The van der Waals surface area contributed by atoms with Crippen LogP contribution in [0.3, 0.4) is 0 Å². The van der Waals surface area contributed by atoms with E-state index >= 15 is 0 Å². The first-order valence-corrected chi connectivity index (χ1v) is 6.38. The predicted molar refractivity (Wildman–Crippen MR) is 71.3 cm³/mol. The number of fused-ring (bicyclic) bond motifs is 1. The molecule has 0 N–H and O–H groups in total. The molecular formula is C14H15ClO3. The molecule has 0 fully saturated rings. The van der Waals surface area contributed by atoms with E-state index < -0.39 is 6.10 Å². The summed E-state index contributed by atoms with van der Waals surface area (Å²) in [5.74, 6) is 0.208. The number of carbonyl (C=O) groups is 1. The van der Waals surface area contributed by atoms with Crippen LogP contribution in [-0.4, -0.2) is 18.5 Å². The zero-order chi connectivity index (χ0) is 13.1. The van der Waals surface area contributed by atoms with E-state index in [1.165, 1.54) is 0 Å². The van der Waals surface area contributed by atoms with Crippen LogP contribution in [-0.2, 0) is 4.74 Å². The highest BCUT2D eigenvalue weighted by atomic mass is 35.5. The zero-order valence-corrected chi connectivity index (χ0v) is 11.2. The number of halogens is 1. The summed E-state index contributed by atoms with van der Waals surface area (Å²) >= 11 is 5.90. The molecule has 4 heteroatoms. The molecule has 0 aliphatic heterocycles. The molecule has 0 aliphatic rings. The van der Waals surface area contributed by atoms with Crippen molar-refractivity contribution in [1.29, 1.82) is 0 Å². The molecule has 0 saturated carbocycles. The van der Waals surface area contributed by atoms with Crippen LogP contribution in [0.25, 0.3) is 11.0 Å². The van der Waals surface area contributed by atoms with Crippen molar-refractivity contribution >= 4 is 28.4 Å². The van der Waals surface area contributed by atoms with E-state index in [1.54, 1.807) is 24.3 Å². The highest BCUT2D eigenvalue weighted by molar-refractivity contribution is 6.31. The Morgan fingerprint density at radius 2 is 2.17 bits per heavy atom. The average molecular weight is 267 g/mol. The van der Waals surface area contributed by atoms with Crippen LogP contribution in [0.2, 0.25) is 5.02 Å². The zero-order valence-electron chi connectivity index (χ0n) is 10.4. The molecule has 1 heterocycles. The lowest BCUT2D eigenvalue weighted by molar-refractivity contribution is 0.0421. The smallest absolute Gasteiger partial charge is 0.226 e. The third-order valence-corrected chi connectivity index (χ3v) is 2.99. The fourth-order valence-electron chi connectivity index (χ4n) is 1.87. The maximum atomic E-state index is 12.2. The molecule has 0 saturated heterocycles. The van der Waals surface area contributed by atoms with Crippen molar-refractivity contribution in [2.75, 3.05) is 6.61 Å². The first kappa shape index (κ1) is 13.1. The topological polar surface area (TPSA) is 39.4 Å². The molecule has 0 radical (unpaired) electrons. The Hall–Kier alpha value is -1.32. The number of ketones is 1. The number of furan rings is 1. The van der Waals surface area contributed by atoms with Crippen molar-refractivity contribution in [3.8, 4) is 0 Å². The maximum Gasteiger partial charge on any atom is 0.226 e. The quantitative estimate of drug-likeness (QED) is 0.766. The first-order valence-electron chi connectivity index (χ1n) is 6.00. The van der Waals surface area contributed by atoms with Crippen molar-refractivity contribution in [3.05, 3.63) is 35.0 Å². The molecule has 18 heavy (non-hydrogen) atoms. The molecule has 1 aromatic heterocycles. The van der Waals surface area contributed by atoms with Crippen molar-refractivity contribution in [2.24, 2.45) is 0 Å². The molecule has 0 bridgehead atoms. The number of hydrogen-bond donors (Lipinski definition) is 0. The van der Waals surface area contributed by atoms with Crippen LogP contribution in [0.1, 0.15) is 30.8 Å². The van der Waals surface area contributed by atoms with Crippen molar-refractivity contribution in [2.45, 2.75) is 26.4 Å². The van der Waals surface area contributed by atoms with Gasteiger partial charge in [0.1, 0.15) is 11.7 Å². The second-order valence-electron chi connectivity index (χ2n) is 4.01. The predicted octanol–water partition coefficient (Wildman–Crippen LogP) is 4.08. The monoisotopic (exact) mass is 266 g/mol. The van der Waals surface area contributed by atoms with Gasteiger partial charge < -0.3 is 9.15 Å². The van der Waals surface area contributed by atoms with Gasteiger partial charge in [-0.15, -0.1) is 0 Å². The van der Waals surface area contributed by atoms with Crippen LogP contribution in [0.15, 0.2) is 28.7 Å². The molecule has 2 rings (SSSR count). The Kier molecular flexibility index (Phi) is 4.04. The van der Waals surface area contributed by atoms with Gasteiger partial charge in [-0.1, -0.05) is 18.5 Å². The maximum absolute atomic E-state index is 12.2. The minimum absolute atomic E-state index is 0.119. The van der Waals surface area contributed by atoms with E-state index in [9.17, 15) is 4.79 Å².